The molecule has 116 valence electrons. The van der Waals surface area contributed by atoms with E-state index in [9.17, 15) is 5.11 Å². The second kappa shape index (κ2) is 6.34. The summed E-state index contributed by atoms with van der Waals surface area (Å²) in [6.07, 6.45) is 2.49. The normalized spacial score (nSPS) is 29.9. The smallest absolute Gasteiger partial charge is 0.123 e. The maximum Gasteiger partial charge on any atom is 0.123 e. The summed E-state index contributed by atoms with van der Waals surface area (Å²) in [6, 6.07) is 8.21. The van der Waals surface area contributed by atoms with Crippen LogP contribution in [0.25, 0.3) is 0 Å². The first-order chi connectivity index (χ1) is 10.2. The van der Waals surface area contributed by atoms with Gasteiger partial charge in [0.15, 0.2) is 0 Å². The second-order valence-corrected chi connectivity index (χ2v) is 6.07. The third-order valence-electron chi connectivity index (χ3n) is 4.62. The zero-order valence-electron chi connectivity index (χ0n) is 12.8. The molecule has 0 bridgehead atoms. The summed E-state index contributed by atoms with van der Waals surface area (Å²) in [5.74, 6) is 0.965. The molecule has 4 nitrogen and oxygen atoms in total. The summed E-state index contributed by atoms with van der Waals surface area (Å²) in [7, 11) is 0. The molecule has 0 radical (unpaired) electrons. The number of aliphatic hydroxyl groups is 1. The van der Waals surface area contributed by atoms with Crippen LogP contribution >= 0.6 is 0 Å². The summed E-state index contributed by atoms with van der Waals surface area (Å²) in [5.41, 5.74) is 0.877. The van der Waals surface area contributed by atoms with Gasteiger partial charge in [0.2, 0.25) is 0 Å². The molecular formula is C17H25NO3. The van der Waals surface area contributed by atoms with E-state index in [0.29, 0.717) is 6.61 Å². The Kier molecular flexibility index (Phi) is 4.48. The Morgan fingerprint density at radius 1 is 1.43 bits per heavy atom. The number of hydrogen-bond donors (Lipinski definition) is 1. The minimum absolute atomic E-state index is 0.321. The molecular weight excluding hydrogens is 266 g/mol. The van der Waals surface area contributed by atoms with Gasteiger partial charge in [0.05, 0.1) is 12.7 Å². The van der Waals surface area contributed by atoms with Crippen molar-refractivity contribution in [3.8, 4) is 5.75 Å². The molecule has 2 heterocycles. The molecule has 0 aromatic heterocycles. The monoisotopic (exact) mass is 291 g/mol. The van der Waals surface area contributed by atoms with Gasteiger partial charge in [0, 0.05) is 31.8 Å². The van der Waals surface area contributed by atoms with Crippen LogP contribution in [0, 0.1) is 0 Å². The molecule has 1 N–H and O–H groups in total. The topological polar surface area (TPSA) is 41.9 Å². The van der Waals surface area contributed by atoms with Crippen molar-refractivity contribution < 1.29 is 14.6 Å². The lowest BCUT2D eigenvalue weighted by atomic mass is 9.87. The summed E-state index contributed by atoms with van der Waals surface area (Å²) in [4.78, 5) is 2.38. The Hall–Kier alpha value is -1.10. The van der Waals surface area contributed by atoms with Crippen LogP contribution in [-0.2, 0) is 11.3 Å². The summed E-state index contributed by atoms with van der Waals surface area (Å²) in [5, 5.41) is 10.3. The molecule has 1 spiro atoms. The SMILES string of the molecule is CCOc1ccccc1CN1CC[C@H](O)[C@]2(CCCO2)C1. The molecule has 2 atom stereocenters. The van der Waals surface area contributed by atoms with Crippen LogP contribution in [0.4, 0.5) is 0 Å². The molecule has 3 rings (SSSR count). The number of aliphatic hydroxyl groups excluding tert-OH is 1. The summed E-state index contributed by atoms with van der Waals surface area (Å²) >= 11 is 0. The van der Waals surface area contributed by atoms with Crippen LogP contribution in [0.5, 0.6) is 5.75 Å². The Bertz CT molecular complexity index is 471. The van der Waals surface area contributed by atoms with Crippen molar-refractivity contribution in [1.82, 2.24) is 4.90 Å². The van der Waals surface area contributed by atoms with E-state index >= 15 is 0 Å². The van der Waals surface area contributed by atoms with Crippen molar-refractivity contribution in [3.63, 3.8) is 0 Å². The Labute approximate surface area is 126 Å². The fraction of sp³-hybridized carbons (Fsp3) is 0.647. The van der Waals surface area contributed by atoms with Gasteiger partial charge in [0.1, 0.15) is 11.4 Å². The van der Waals surface area contributed by atoms with Gasteiger partial charge in [-0.25, -0.2) is 0 Å². The fourth-order valence-corrected chi connectivity index (χ4v) is 3.54. The van der Waals surface area contributed by atoms with Gasteiger partial charge < -0.3 is 14.6 Å². The molecule has 4 heteroatoms. The predicted octanol–water partition coefficient (Wildman–Crippen LogP) is 2.20. The Morgan fingerprint density at radius 2 is 2.29 bits per heavy atom. The number of para-hydroxylation sites is 1. The first-order valence-electron chi connectivity index (χ1n) is 7.98. The van der Waals surface area contributed by atoms with Crippen molar-refractivity contribution in [1.29, 1.82) is 0 Å². The highest BCUT2D eigenvalue weighted by Crippen LogP contribution is 2.35. The van der Waals surface area contributed by atoms with E-state index < -0.39 is 0 Å². The fourth-order valence-electron chi connectivity index (χ4n) is 3.54. The molecule has 2 saturated heterocycles. The Morgan fingerprint density at radius 3 is 3.05 bits per heavy atom. The average molecular weight is 291 g/mol. The number of likely N-dealkylation sites (tertiary alicyclic amines) is 1. The van der Waals surface area contributed by atoms with Crippen LogP contribution in [0.2, 0.25) is 0 Å². The zero-order chi connectivity index (χ0) is 14.7. The van der Waals surface area contributed by atoms with E-state index in [1.165, 1.54) is 5.56 Å². The van der Waals surface area contributed by atoms with Gasteiger partial charge in [-0.3, -0.25) is 4.90 Å². The standard InChI is InChI=1S/C17H25NO3/c1-2-20-15-7-4-3-6-14(15)12-18-10-8-16(19)17(13-18)9-5-11-21-17/h3-4,6-7,16,19H,2,5,8-13H2,1H3/t16-,17-/m0/s1. The largest absolute Gasteiger partial charge is 0.494 e. The molecule has 2 aliphatic rings. The molecule has 0 aliphatic carbocycles. The molecule has 2 fully saturated rings. The van der Waals surface area contributed by atoms with Crippen molar-refractivity contribution in [2.24, 2.45) is 0 Å². The molecule has 1 aromatic carbocycles. The van der Waals surface area contributed by atoms with E-state index in [1.807, 2.05) is 19.1 Å². The van der Waals surface area contributed by atoms with Crippen LogP contribution in [0.3, 0.4) is 0 Å². The van der Waals surface area contributed by atoms with E-state index in [-0.39, 0.29) is 11.7 Å². The van der Waals surface area contributed by atoms with Crippen LogP contribution in [-0.4, -0.2) is 48.0 Å². The highest BCUT2D eigenvalue weighted by atomic mass is 16.5. The number of benzene rings is 1. The molecule has 0 amide bonds. The highest BCUT2D eigenvalue weighted by molar-refractivity contribution is 5.33. The van der Waals surface area contributed by atoms with Gasteiger partial charge in [-0.05, 0) is 32.3 Å². The average Bonchev–Trinajstić information content (AvgIpc) is 2.95. The minimum atomic E-state index is -0.335. The minimum Gasteiger partial charge on any atom is -0.494 e. The molecule has 0 unspecified atom stereocenters. The van der Waals surface area contributed by atoms with Crippen molar-refractivity contribution >= 4 is 0 Å². The van der Waals surface area contributed by atoms with E-state index in [0.717, 1.165) is 51.3 Å². The van der Waals surface area contributed by atoms with Gasteiger partial charge in [0.25, 0.3) is 0 Å². The van der Waals surface area contributed by atoms with E-state index in [1.54, 1.807) is 0 Å². The first-order valence-corrected chi connectivity index (χ1v) is 7.98. The van der Waals surface area contributed by atoms with Gasteiger partial charge >= 0.3 is 0 Å². The second-order valence-electron chi connectivity index (χ2n) is 6.07. The molecule has 0 saturated carbocycles. The lowest BCUT2D eigenvalue weighted by Gasteiger charge is -2.43. The Balaban J connectivity index is 1.71. The van der Waals surface area contributed by atoms with Crippen molar-refractivity contribution in [3.05, 3.63) is 29.8 Å². The number of hydrogen-bond acceptors (Lipinski definition) is 4. The number of piperidine rings is 1. The maximum absolute atomic E-state index is 10.3. The third-order valence-corrected chi connectivity index (χ3v) is 4.62. The lowest BCUT2D eigenvalue weighted by molar-refractivity contribution is -0.132. The quantitative estimate of drug-likeness (QED) is 0.923. The van der Waals surface area contributed by atoms with Gasteiger partial charge in [-0.1, -0.05) is 18.2 Å². The third kappa shape index (κ3) is 3.07. The van der Waals surface area contributed by atoms with E-state index in [2.05, 4.69) is 17.0 Å². The first kappa shape index (κ1) is 14.8. The number of rotatable bonds is 4. The lowest BCUT2D eigenvalue weighted by Crippen LogP contribution is -2.56. The van der Waals surface area contributed by atoms with Crippen LogP contribution in [0.1, 0.15) is 31.7 Å². The van der Waals surface area contributed by atoms with Gasteiger partial charge in [-0.15, -0.1) is 0 Å². The van der Waals surface area contributed by atoms with Crippen LogP contribution in [0.15, 0.2) is 24.3 Å². The summed E-state index contributed by atoms with van der Waals surface area (Å²) < 4.78 is 11.6. The maximum atomic E-state index is 10.3. The number of nitrogens with zero attached hydrogens (tertiary/aromatic N) is 1. The zero-order valence-corrected chi connectivity index (χ0v) is 12.8. The van der Waals surface area contributed by atoms with Crippen molar-refractivity contribution in [2.75, 3.05) is 26.3 Å². The summed E-state index contributed by atoms with van der Waals surface area (Å²) in [6.45, 7) is 6.05. The van der Waals surface area contributed by atoms with Crippen molar-refractivity contribution in [2.45, 2.75) is 44.4 Å². The molecule has 1 aromatic rings. The molecule has 21 heavy (non-hydrogen) atoms. The van der Waals surface area contributed by atoms with E-state index in [4.69, 9.17) is 9.47 Å². The number of ether oxygens (including phenoxy) is 2. The van der Waals surface area contributed by atoms with Crippen LogP contribution < -0.4 is 4.74 Å². The highest BCUT2D eigenvalue weighted by Gasteiger charge is 2.46. The molecule has 2 aliphatic heterocycles. The predicted molar refractivity (Wildman–Crippen MR) is 81.4 cm³/mol. The van der Waals surface area contributed by atoms with Gasteiger partial charge in [-0.2, -0.15) is 0 Å².